The molecule has 1 saturated heterocycles. The van der Waals surface area contributed by atoms with Crippen molar-refractivity contribution in [2.75, 3.05) is 25.1 Å². The second kappa shape index (κ2) is 8.38. The number of hydrogen-bond acceptors (Lipinski definition) is 4. The van der Waals surface area contributed by atoms with Crippen molar-refractivity contribution in [3.05, 3.63) is 89.6 Å². The van der Waals surface area contributed by atoms with Gasteiger partial charge >= 0.3 is 0 Å². The molecule has 1 aliphatic heterocycles. The van der Waals surface area contributed by atoms with Crippen molar-refractivity contribution in [3.63, 3.8) is 0 Å². The van der Waals surface area contributed by atoms with Crippen molar-refractivity contribution in [1.29, 1.82) is 0 Å². The van der Waals surface area contributed by atoms with E-state index in [1.165, 1.54) is 11.1 Å². The third-order valence-electron chi connectivity index (χ3n) is 5.86. The van der Waals surface area contributed by atoms with Gasteiger partial charge in [-0.15, -0.1) is 11.8 Å². The summed E-state index contributed by atoms with van der Waals surface area (Å²) in [4.78, 5) is 7.55. The number of piperidine rings is 1. The van der Waals surface area contributed by atoms with Crippen LogP contribution in [0.4, 0.5) is 5.69 Å². The summed E-state index contributed by atoms with van der Waals surface area (Å²) >= 11 is 1.69. The van der Waals surface area contributed by atoms with Gasteiger partial charge in [-0.3, -0.25) is 4.90 Å². The Bertz CT molecular complexity index is 918. The van der Waals surface area contributed by atoms with Gasteiger partial charge in [0.25, 0.3) is 0 Å². The smallest absolute Gasteiger partial charge is 0.0960 e. The minimum absolute atomic E-state index is 0.121. The lowest BCUT2D eigenvalue weighted by atomic mass is 9.69. The van der Waals surface area contributed by atoms with Gasteiger partial charge in [0.1, 0.15) is 0 Å². The van der Waals surface area contributed by atoms with Crippen LogP contribution in [0.3, 0.4) is 0 Å². The lowest BCUT2D eigenvalue weighted by Gasteiger charge is -2.42. The van der Waals surface area contributed by atoms with E-state index in [1.54, 1.807) is 11.8 Å². The summed E-state index contributed by atoms with van der Waals surface area (Å²) in [7, 11) is 0. The first-order valence-corrected chi connectivity index (χ1v) is 11.1. The summed E-state index contributed by atoms with van der Waals surface area (Å²) in [6, 6.07) is 25.4. The topological polar surface area (TPSA) is 42.1 Å². The van der Waals surface area contributed by atoms with Gasteiger partial charge in [-0.1, -0.05) is 54.6 Å². The maximum Gasteiger partial charge on any atom is 0.0960 e. The second-order valence-corrected chi connectivity index (χ2v) is 8.32. The number of anilines is 1. The molecule has 1 fully saturated rings. The Morgan fingerprint density at radius 1 is 0.929 bits per heavy atom. The molecular formula is C24H27N3S. The maximum absolute atomic E-state index is 6.46. The van der Waals surface area contributed by atoms with Crippen molar-refractivity contribution >= 4 is 17.4 Å². The minimum atomic E-state index is -0.121. The zero-order chi connectivity index (χ0) is 19.4. The first kappa shape index (κ1) is 19.0. The summed E-state index contributed by atoms with van der Waals surface area (Å²) in [6.07, 6.45) is 4.13. The Kier molecular flexibility index (Phi) is 5.69. The van der Waals surface area contributed by atoms with Crippen molar-refractivity contribution < 1.29 is 0 Å². The molecule has 4 heteroatoms. The molecule has 3 nitrogen and oxygen atoms in total. The lowest BCUT2D eigenvalue weighted by molar-refractivity contribution is 0.170. The van der Waals surface area contributed by atoms with Crippen LogP contribution in [-0.4, -0.2) is 29.2 Å². The molecule has 3 aromatic rings. The third-order valence-corrected chi connectivity index (χ3v) is 6.50. The zero-order valence-electron chi connectivity index (χ0n) is 16.3. The van der Waals surface area contributed by atoms with E-state index < -0.39 is 0 Å². The molecule has 0 aliphatic carbocycles. The van der Waals surface area contributed by atoms with Crippen LogP contribution in [0.5, 0.6) is 0 Å². The molecule has 4 rings (SSSR count). The first-order chi connectivity index (χ1) is 13.7. The molecule has 28 heavy (non-hydrogen) atoms. The van der Waals surface area contributed by atoms with Gasteiger partial charge in [0.2, 0.25) is 0 Å². The highest BCUT2D eigenvalue weighted by atomic mass is 32.2. The second-order valence-electron chi connectivity index (χ2n) is 7.50. The fourth-order valence-electron chi connectivity index (χ4n) is 4.33. The predicted molar refractivity (Wildman–Crippen MR) is 119 cm³/mol. The van der Waals surface area contributed by atoms with Crippen molar-refractivity contribution in [2.45, 2.75) is 29.8 Å². The van der Waals surface area contributed by atoms with Gasteiger partial charge in [0.05, 0.1) is 10.7 Å². The average Bonchev–Trinajstić information content (AvgIpc) is 2.76. The molecule has 0 radical (unpaired) electrons. The number of nitrogens with two attached hydrogens (primary N) is 1. The van der Waals surface area contributed by atoms with Gasteiger partial charge in [-0.2, -0.15) is 0 Å². The lowest BCUT2D eigenvalue weighted by Crippen LogP contribution is -2.43. The third kappa shape index (κ3) is 3.80. The molecule has 2 heterocycles. The number of aromatic nitrogens is 1. The van der Waals surface area contributed by atoms with Crippen LogP contribution in [0.15, 0.2) is 77.8 Å². The number of nitrogens with zero attached hydrogens (tertiary/aromatic N) is 2. The quantitative estimate of drug-likeness (QED) is 0.494. The SMILES string of the molecule is CSc1cccc(C2(c3ccccc3N)CCN(Cc3ccccc3)CC2)n1. The van der Waals surface area contributed by atoms with E-state index in [2.05, 4.69) is 71.8 Å². The largest absolute Gasteiger partial charge is 0.398 e. The fraction of sp³-hybridized carbons (Fsp3) is 0.292. The number of para-hydroxylation sites is 1. The highest BCUT2D eigenvalue weighted by Crippen LogP contribution is 2.43. The molecule has 1 aliphatic rings. The highest BCUT2D eigenvalue weighted by molar-refractivity contribution is 7.98. The molecular weight excluding hydrogens is 362 g/mol. The normalized spacial score (nSPS) is 16.8. The Balaban J connectivity index is 1.65. The number of rotatable bonds is 5. The van der Waals surface area contributed by atoms with E-state index in [4.69, 9.17) is 10.7 Å². The number of nitrogen functional groups attached to an aromatic ring is 1. The van der Waals surface area contributed by atoms with Gasteiger partial charge in [0, 0.05) is 17.6 Å². The summed E-state index contributed by atoms with van der Waals surface area (Å²) in [6.45, 7) is 3.07. The Hall–Kier alpha value is -2.30. The van der Waals surface area contributed by atoms with E-state index in [9.17, 15) is 0 Å². The molecule has 2 N–H and O–H groups in total. The van der Waals surface area contributed by atoms with Crippen molar-refractivity contribution in [1.82, 2.24) is 9.88 Å². The van der Waals surface area contributed by atoms with E-state index in [1.807, 2.05) is 12.1 Å². The van der Waals surface area contributed by atoms with Crippen molar-refractivity contribution in [3.8, 4) is 0 Å². The molecule has 0 saturated carbocycles. The molecule has 0 spiro atoms. The molecule has 0 bridgehead atoms. The van der Waals surface area contributed by atoms with Crippen LogP contribution in [-0.2, 0) is 12.0 Å². The summed E-state index contributed by atoms with van der Waals surface area (Å²) in [5, 5.41) is 1.07. The van der Waals surface area contributed by atoms with E-state index in [0.29, 0.717) is 0 Å². The highest BCUT2D eigenvalue weighted by Gasteiger charge is 2.40. The standard InChI is InChI=1S/C24H27N3S/c1-28-23-13-7-12-22(26-23)24(20-10-5-6-11-21(20)25)14-16-27(17-15-24)18-19-8-3-2-4-9-19/h2-13H,14-18,25H2,1H3. The maximum atomic E-state index is 6.46. The minimum Gasteiger partial charge on any atom is -0.398 e. The van der Waals surface area contributed by atoms with Gasteiger partial charge < -0.3 is 5.73 Å². The summed E-state index contributed by atoms with van der Waals surface area (Å²) in [5.41, 5.74) is 10.9. The molecule has 0 atom stereocenters. The molecule has 0 amide bonds. The molecule has 1 aromatic heterocycles. The Morgan fingerprint density at radius 3 is 2.36 bits per heavy atom. The molecule has 144 valence electrons. The Labute approximate surface area is 172 Å². The predicted octanol–water partition coefficient (Wildman–Crippen LogP) is 4.97. The van der Waals surface area contributed by atoms with Gasteiger partial charge in [0.15, 0.2) is 0 Å². The van der Waals surface area contributed by atoms with E-state index in [0.717, 1.165) is 48.9 Å². The first-order valence-electron chi connectivity index (χ1n) is 9.84. The number of thioether (sulfide) groups is 1. The van der Waals surface area contributed by atoms with Crippen LogP contribution in [0.2, 0.25) is 0 Å². The average molecular weight is 390 g/mol. The number of benzene rings is 2. The molecule has 2 aromatic carbocycles. The van der Waals surface area contributed by atoms with Crippen LogP contribution >= 0.6 is 11.8 Å². The van der Waals surface area contributed by atoms with Crippen LogP contribution in [0.1, 0.15) is 29.7 Å². The van der Waals surface area contributed by atoms with E-state index in [-0.39, 0.29) is 5.41 Å². The summed E-state index contributed by atoms with van der Waals surface area (Å²) in [5.74, 6) is 0. The zero-order valence-corrected chi connectivity index (χ0v) is 17.2. The fourth-order valence-corrected chi connectivity index (χ4v) is 4.73. The number of pyridine rings is 1. The van der Waals surface area contributed by atoms with Crippen LogP contribution < -0.4 is 5.73 Å². The van der Waals surface area contributed by atoms with Gasteiger partial charge in [-0.25, -0.2) is 4.98 Å². The van der Waals surface area contributed by atoms with Gasteiger partial charge in [-0.05, 0) is 61.5 Å². The monoisotopic (exact) mass is 389 g/mol. The van der Waals surface area contributed by atoms with Crippen LogP contribution in [0, 0.1) is 0 Å². The number of likely N-dealkylation sites (tertiary alicyclic amines) is 1. The summed E-state index contributed by atoms with van der Waals surface area (Å²) < 4.78 is 0. The Morgan fingerprint density at radius 2 is 1.64 bits per heavy atom. The van der Waals surface area contributed by atoms with Crippen LogP contribution in [0.25, 0.3) is 0 Å². The molecule has 0 unspecified atom stereocenters. The number of hydrogen-bond donors (Lipinski definition) is 1. The van der Waals surface area contributed by atoms with E-state index >= 15 is 0 Å². The van der Waals surface area contributed by atoms with Crippen molar-refractivity contribution in [2.24, 2.45) is 0 Å².